The van der Waals surface area contributed by atoms with Gasteiger partial charge in [0, 0.05) is 16.8 Å². The van der Waals surface area contributed by atoms with Crippen molar-refractivity contribution in [2.45, 2.75) is 0 Å². The number of rotatable bonds is 5. The van der Waals surface area contributed by atoms with Gasteiger partial charge in [-0.1, -0.05) is 23.2 Å². The molecule has 0 unspecified atom stereocenters. The first-order valence-corrected chi connectivity index (χ1v) is 10.5. The van der Waals surface area contributed by atoms with E-state index in [1.54, 1.807) is 18.2 Å². The summed E-state index contributed by atoms with van der Waals surface area (Å²) in [7, 11) is -3.77. The van der Waals surface area contributed by atoms with Gasteiger partial charge >= 0.3 is 0 Å². The van der Waals surface area contributed by atoms with Crippen molar-refractivity contribution in [3.63, 3.8) is 0 Å². The van der Waals surface area contributed by atoms with E-state index in [9.17, 15) is 13.2 Å². The van der Waals surface area contributed by atoms with Crippen LogP contribution < -0.4 is 19.1 Å². The van der Waals surface area contributed by atoms with E-state index in [2.05, 4.69) is 5.32 Å². The maximum Gasteiger partial charge on any atom is 0.245 e. The summed E-state index contributed by atoms with van der Waals surface area (Å²) in [5, 5.41) is 3.11. The summed E-state index contributed by atoms with van der Waals surface area (Å²) in [4.78, 5) is 12.4. The zero-order valence-electron chi connectivity index (χ0n) is 14.2. The summed E-state index contributed by atoms with van der Waals surface area (Å²) in [5.74, 6) is 0.549. The zero-order chi connectivity index (χ0) is 19.6. The number of amides is 1. The van der Waals surface area contributed by atoms with Crippen LogP contribution in [-0.2, 0) is 14.8 Å². The van der Waals surface area contributed by atoms with Crippen LogP contribution in [0.5, 0.6) is 11.5 Å². The fourth-order valence-electron chi connectivity index (χ4n) is 2.51. The van der Waals surface area contributed by atoms with Gasteiger partial charge in [0.05, 0.1) is 17.0 Å². The molecule has 0 atom stereocenters. The zero-order valence-corrected chi connectivity index (χ0v) is 16.6. The van der Waals surface area contributed by atoms with Gasteiger partial charge < -0.3 is 14.8 Å². The van der Waals surface area contributed by atoms with Gasteiger partial charge in [-0.05, 0) is 30.3 Å². The Morgan fingerprint density at radius 2 is 1.81 bits per heavy atom. The molecule has 1 heterocycles. The third kappa shape index (κ3) is 4.77. The second-order valence-corrected chi connectivity index (χ2v) is 8.52. The molecule has 0 bridgehead atoms. The van der Waals surface area contributed by atoms with Crippen molar-refractivity contribution in [3.05, 3.63) is 46.4 Å². The van der Waals surface area contributed by atoms with Gasteiger partial charge in [0.25, 0.3) is 0 Å². The number of ether oxygens (including phenoxy) is 2. The molecule has 0 radical (unpaired) electrons. The van der Waals surface area contributed by atoms with Crippen molar-refractivity contribution in [2.75, 3.05) is 35.6 Å². The van der Waals surface area contributed by atoms with Crippen molar-refractivity contribution in [1.82, 2.24) is 0 Å². The molecule has 1 aliphatic rings. The van der Waals surface area contributed by atoms with Crippen molar-refractivity contribution in [3.8, 4) is 11.5 Å². The van der Waals surface area contributed by atoms with E-state index in [1.165, 1.54) is 18.2 Å². The van der Waals surface area contributed by atoms with Gasteiger partial charge in [-0.3, -0.25) is 9.10 Å². The topological polar surface area (TPSA) is 84.9 Å². The number of sulfonamides is 1. The highest BCUT2D eigenvalue weighted by molar-refractivity contribution is 7.92. The van der Waals surface area contributed by atoms with Crippen molar-refractivity contribution >= 4 is 50.5 Å². The van der Waals surface area contributed by atoms with E-state index in [0.29, 0.717) is 35.4 Å². The Morgan fingerprint density at radius 1 is 1.11 bits per heavy atom. The van der Waals surface area contributed by atoms with Crippen LogP contribution in [0.2, 0.25) is 10.0 Å². The van der Waals surface area contributed by atoms with Gasteiger partial charge in [0.2, 0.25) is 15.9 Å². The molecule has 0 aliphatic carbocycles. The molecule has 0 saturated heterocycles. The van der Waals surface area contributed by atoms with Crippen molar-refractivity contribution < 1.29 is 22.7 Å². The number of carbonyl (C=O) groups excluding carboxylic acids is 1. The molecule has 0 fully saturated rings. The molecule has 1 N–H and O–H groups in total. The summed E-state index contributed by atoms with van der Waals surface area (Å²) >= 11 is 12.0. The summed E-state index contributed by atoms with van der Waals surface area (Å²) in [6.45, 7) is 0.412. The molecular formula is C17H16Cl2N2O5S. The SMILES string of the molecule is CS(=O)(=O)N(CC(=O)Nc1ccc2c(c1)OCCO2)c1cc(Cl)ccc1Cl. The molecule has 0 aromatic heterocycles. The summed E-state index contributed by atoms with van der Waals surface area (Å²) in [6, 6.07) is 9.32. The van der Waals surface area contributed by atoms with Crippen LogP contribution in [0.3, 0.4) is 0 Å². The van der Waals surface area contributed by atoms with E-state index >= 15 is 0 Å². The molecule has 3 rings (SSSR count). The fraction of sp³-hybridized carbons (Fsp3) is 0.235. The van der Waals surface area contributed by atoms with Crippen molar-refractivity contribution in [2.24, 2.45) is 0 Å². The van der Waals surface area contributed by atoms with Crippen LogP contribution in [0.25, 0.3) is 0 Å². The Morgan fingerprint density at radius 3 is 2.52 bits per heavy atom. The van der Waals surface area contributed by atoms with Gasteiger partial charge in [0.1, 0.15) is 19.8 Å². The monoisotopic (exact) mass is 430 g/mol. The Bertz CT molecular complexity index is 981. The number of hydrogen-bond donors (Lipinski definition) is 1. The Labute approximate surface area is 166 Å². The van der Waals surface area contributed by atoms with Gasteiger partial charge in [-0.15, -0.1) is 0 Å². The van der Waals surface area contributed by atoms with E-state index in [4.69, 9.17) is 32.7 Å². The minimum Gasteiger partial charge on any atom is -0.486 e. The maximum absolute atomic E-state index is 12.4. The van der Waals surface area contributed by atoms with Gasteiger partial charge in [-0.2, -0.15) is 0 Å². The highest BCUT2D eigenvalue weighted by atomic mass is 35.5. The molecule has 0 spiro atoms. The molecule has 2 aromatic carbocycles. The number of hydrogen-bond acceptors (Lipinski definition) is 5. The second kappa shape index (κ2) is 7.84. The molecule has 27 heavy (non-hydrogen) atoms. The average Bonchev–Trinajstić information content (AvgIpc) is 2.61. The lowest BCUT2D eigenvalue weighted by molar-refractivity contribution is -0.114. The van der Waals surface area contributed by atoms with E-state index < -0.39 is 22.5 Å². The first kappa shape index (κ1) is 19.6. The Kier molecular flexibility index (Phi) is 5.69. The third-order valence-electron chi connectivity index (χ3n) is 3.69. The summed E-state index contributed by atoms with van der Waals surface area (Å²) in [6.07, 6.45) is 0.988. The van der Waals surface area contributed by atoms with E-state index in [1.807, 2.05) is 0 Å². The normalized spacial score (nSPS) is 13.1. The van der Waals surface area contributed by atoms with Gasteiger partial charge in [0.15, 0.2) is 11.5 Å². The number of benzene rings is 2. The highest BCUT2D eigenvalue weighted by Crippen LogP contribution is 2.33. The smallest absolute Gasteiger partial charge is 0.245 e. The average molecular weight is 431 g/mol. The number of nitrogens with zero attached hydrogens (tertiary/aromatic N) is 1. The molecule has 1 amide bonds. The van der Waals surface area contributed by atoms with Crippen LogP contribution >= 0.6 is 23.2 Å². The van der Waals surface area contributed by atoms with Crippen molar-refractivity contribution in [1.29, 1.82) is 0 Å². The molecule has 2 aromatic rings. The predicted octanol–water partition coefficient (Wildman–Crippen LogP) is 3.17. The molecule has 144 valence electrons. The fourth-order valence-corrected chi connectivity index (χ4v) is 3.81. The number of nitrogens with one attached hydrogen (secondary N) is 1. The lowest BCUT2D eigenvalue weighted by atomic mass is 10.2. The second-order valence-electron chi connectivity index (χ2n) is 5.77. The van der Waals surface area contributed by atoms with Crippen LogP contribution in [0.4, 0.5) is 11.4 Å². The predicted molar refractivity (Wildman–Crippen MR) is 105 cm³/mol. The number of anilines is 2. The van der Waals surface area contributed by atoms with Gasteiger partial charge in [-0.25, -0.2) is 8.42 Å². The van der Waals surface area contributed by atoms with E-state index in [-0.39, 0.29) is 10.7 Å². The lowest BCUT2D eigenvalue weighted by Crippen LogP contribution is -2.37. The minimum absolute atomic E-state index is 0.129. The standard InChI is InChI=1S/C17H16Cl2N2O5S/c1-27(23,24)21(14-8-11(18)2-4-13(14)19)10-17(22)20-12-3-5-15-16(9-12)26-7-6-25-15/h2-5,8-9H,6-7,10H2,1H3,(H,20,22). The largest absolute Gasteiger partial charge is 0.486 e. The number of halogens is 2. The lowest BCUT2D eigenvalue weighted by Gasteiger charge is -2.23. The molecule has 7 nitrogen and oxygen atoms in total. The Balaban J connectivity index is 1.80. The quantitative estimate of drug-likeness (QED) is 0.786. The van der Waals surface area contributed by atoms with Crippen LogP contribution in [-0.4, -0.2) is 40.3 Å². The number of carbonyl (C=O) groups is 1. The molecule has 1 aliphatic heterocycles. The maximum atomic E-state index is 12.4. The summed E-state index contributed by atoms with van der Waals surface area (Å²) < 4.78 is 36.1. The minimum atomic E-state index is -3.77. The van der Waals surface area contributed by atoms with Crippen LogP contribution in [0, 0.1) is 0 Å². The van der Waals surface area contributed by atoms with E-state index in [0.717, 1.165) is 10.6 Å². The summed E-state index contributed by atoms with van der Waals surface area (Å²) in [5.41, 5.74) is 0.582. The number of fused-ring (bicyclic) bond motifs is 1. The first-order valence-electron chi connectivity index (χ1n) is 7.86. The highest BCUT2D eigenvalue weighted by Gasteiger charge is 2.24. The van der Waals surface area contributed by atoms with Crippen LogP contribution in [0.15, 0.2) is 36.4 Å². The Hall–Kier alpha value is -2.16. The third-order valence-corrected chi connectivity index (χ3v) is 5.37. The molecule has 10 heteroatoms. The first-order chi connectivity index (χ1) is 12.7. The van der Waals surface area contributed by atoms with Crippen LogP contribution in [0.1, 0.15) is 0 Å². The molecular weight excluding hydrogens is 415 g/mol. The molecule has 0 saturated carbocycles.